The Hall–Kier alpha value is -2.84. The average molecular weight is 447 g/mol. The molecule has 2 aromatic carbocycles. The molecule has 1 aliphatic heterocycles. The standard InChI is InChI=1S/C27H27ClN2O2/c1-27(31)14-16-30(17-15-27)18-19-32-26-12-3-21(4-13-26)2-10-25-11-7-23(20-29-25)22-5-8-24(28)9-6-22/h3-9,11-13,20,31H,14-19H2,1H3. The molecule has 1 N–H and O–H groups in total. The molecular weight excluding hydrogens is 420 g/mol. The fourth-order valence-electron chi connectivity index (χ4n) is 3.60. The molecule has 32 heavy (non-hydrogen) atoms. The van der Waals surface area contributed by atoms with Gasteiger partial charge in [-0.2, -0.15) is 0 Å². The molecule has 3 aromatic rings. The Labute approximate surface area is 194 Å². The maximum atomic E-state index is 10.0. The maximum absolute atomic E-state index is 10.0. The van der Waals surface area contributed by atoms with Crippen LogP contribution in [0.25, 0.3) is 11.1 Å². The van der Waals surface area contributed by atoms with Gasteiger partial charge in [-0.05, 0) is 73.7 Å². The van der Waals surface area contributed by atoms with Gasteiger partial charge >= 0.3 is 0 Å². The molecule has 2 heterocycles. The number of rotatable bonds is 5. The predicted octanol–water partition coefficient (Wildman–Crippen LogP) is 5.03. The zero-order valence-electron chi connectivity index (χ0n) is 18.2. The maximum Gasteiger partial charge on any atom is 0.119 e. The summed E-state index contributed by atoms with van der Waals surface area (Å²) in [6.07, 6.45) is 3.46. The molecule has 0 amide bonds. The number of aliphatic hydroxyl groups is 1. The van der Waals surface area contributed by atoms with Gasteiger partial charge in [-0.25, -0.2) is 4.98 Å². The van der Waals surface area contributed by atoms with Crippen molar-refractivity contribution in [3.05, 3.63) is 83.1 Å². The summed E-state index contributed by atoms with van der Waals surface area (Å²) in [4.78, 5) is 6.79. The molecular formula is C27H27ClN2O2. The minimum Gasteiger partial charge on any atom is -0.492 e. The summed E-state index contributed by atoms with van der Waals surface area (Å²) in [5, 5.41) is 10.7. The first-order valence-corrected chi connectivity index (χ1v) is 11.3. The SMILES string of the molecule is CC1(O)CCN(CCOc2ccc(C#Cc3ccc(-c4ccc(Cl)cc4)cn3)cc2)CC1. The van der Waals surface area contributed by atoms with Crippen molar-refractivity contribution in [3.63, 3.8) is 0 Å². The number of ether oxygens (including phenoxy) is 1. The molecule has 0 spiro atoms. The largest absolute Gasteiger partial charge is 0.492 e. The van der Waals surface area contributed by atoms with E-state index in [4.69, 9.17) is 16.3 Å². The molecule has 1 aromatic heterocycles. The summed E-state index contributed by atoms with van der Waals surface area (Å²) in [7, 11) is 0. The Morgan fingerprint density at radius 1 is 0.969 bits per heavy atom. The van der Waals surface area contributed by atoms with Crippen LogP contribution in [0, 0.1) is 11.8 Å². The number of pyridine rings is 1. The van der Waals surface area contributed by atoms with E-state index in [2.05, 4.69) is 21.7 Å². The zero-order chi connectivity index (χ0) is 22.4. The van der Waals surface area contributed by atoms with E-state index < -0.39 is 5.60 Å². The summed E-state index contributed by atoms with van der Waals surface area (Å²) in [6.45, 7) is 5.25. The van der Waals surface area contributed by atoms with Crippen molar-refractivity contribution < 1.29 is 9.84 Å². The molecule has 4 rings (SSSR count). The monoisotopic (exact) mass is 446 g/mol. The van der Waals surface area contributed by atoms with E-state index in [0.717, 1.165) is 65.6 Å². The first kappa shape index (κ1) is 22.4. The second-order valence-electron chi connectivity index (χ2n) is 8.40. The van der Waals surface area contributed by atoms with Gasteiger partial charge in [0.15, 0.2) is 0 Å². The molecule has 0 atom stereocenters. The van der Waals surface area contributed by atoms with E-state index in [1.54, 1.807) is 0 Å². The molecule has 0 bridgehead atoms. The van der Waals surface area contributed by atoms with Crippen LogP contribution in [-0.2, 0) is 0 Å². The van der Waals surface area contributed by atoms with Crippen molar-refractivity contribution in [2.24, 2.45) is 0 Å². The average Bonchev–Trinajstić information content (AvgIpc) is 2.81. The van der Waals surface area contributed by atoms with Gasteiger partial charge in [-0.3, -0.25) is 4.90 Å². The van der Waals surface area contributed by atoms with E-state index in [1.807, 2.05) is 73.8 Å². The first-order chi connectivity index (χ1) is 15.5. The Morgan fingerprint density at radius 3 is 2.31 bits per heavy atom. The number of piperidine rings is 1. The Balaban J connectivity index is 1.27. The second kappa shape index (κ2) is 10.2. The molecule has 4 nitrogen and oxygen atoms in total. The molecule has 0 saturated carbocycles. The van der Waals surface area contributed by atoms with Gasteiger partial charge in [0.25, 0.3) is 0 Å². The third-order valence-corrected chi connectivity index (χ3v) is 5.99. The molecule has 164 valence electrons. The van der Waals surface area contributed by atoms with Crippen molar-refractivity contribution in [2.45, 2.75) is 25.4 Å². The van der Waals surface area contributed by atoms with Gasteiger partial charge < -0.3 is 9.84 Å². The van der Waals surface area contributed by atoms with Crippen LogP contribution >= 0.6 is 11.6 Å². The van der Waals surface area contributed by atoms with Crippen LogP contribution in [0.1, 0.15) is 31.0 Å². The minimum atomic E-state index is -0.511. The fraction of sp³-hybridized carbons (Fsp3) is 0.296. The van der Waals surface area contributed by atoms with Crippen LogP contribution < -0.4 is 4.74 Å². The number of hydrogen-bond acceptors (Lipinski definition) is 4. The Morgan fingerprint density at radius 2 is 1.66 bits per heavy atom. The minimum absolute atomic E-state index is 0.511. The number of nitrogens with zero attached hydrogens (tertiary/aromatic N) is 2. The van der Waals surface area contributed by atoms with Crippen LogP contribution in [0.5, 0.6) is 5.75 Å². The van der Waals surface area contributed by atoms with Crippen LogP contribution in [0.2, 0.25) is 5.02 Å². The number of benzene rings is 2. The van der Waals surface area contributed by atoms with E-state index in [1.165, 1.54) is 0 Å². The lowest BCUT2D eigenvalue weighted by molar-refractivity contribution is -0.00768. The van der Waals surface area contributed by atoms with E-state index in [-0.39, 0.29) is 0 Å². The van der Waals surface area contributed by atoms with E-state index in [9.17, 15) is 5.11 Å². The summed E-state index contributed by atoms with van der Waals surface area (Å²) in [6, 6.07) is 19.5. The highest BCUT2D eigenvalue weighted by Gasteiger charge is 2.26. The topological polar surface area (TPSA) is 45.6 Å². The number of halogens is 1. The summed E-state index contributed by atoms with van der Waals surface area (Å²) in [5.74, 6) is 7.10. The third kappa shape index (κ3) is 6.34. The summed E-state index contributed by atoms with van der Waals surface area (Å²) < 4.78 is 5.87. The van der Waals surface area contributed by atoms with Gasteiger partial charge in [0.05, 0.1) is 5.60 Å². The Kier molecular flexibility index (Phi) is 7.12. The number of likely N-dealkylation sites (tertiary alicyclic amines) is 1. The van der Waals surface area contributed by atoms with Gasteiger partial charge in [0, 0.05) is 42.0 Å². The predicted molar refractivity (Wildman–Crippen MR) is 129 cm³/mol. The number of aromatic nitrogens is 1. The van der Waals surface area contributed by atoms with Gasteiger partial charge in [-0.1, -0.05) is 35.7 Å². The van der Waals surface area contributed by atoms with Crippen molar-refractivity contribution in [3.8, 4) is 28.7 Å². The van der Waals surface area contributed by atoms with Crippen molar-refractivity contribution in [1.82, 2.24) is 9.88 Å². The van der Waals surface area contributed by atoms with Crippen LogP contribution in [0.4, 0.5) is 0 Å². The lowest BCUT2D eigenvalue weighted by atomic mass is 9.94. The van der Waals surface area contributed by atoms with E-state index >= 15 is 0 Å². The van der Waals surface area contributed by atoms with Crippen LogP contribution in [-0.4, -0.2) is 46.8 Å². The van der Waals surface area contributed by atoms with Crippen molar-refractivity contribution in [1.29, 1.82) is 0 Å². The van der Waals surface area contributed by atoms with Crippen molar-refractivity contribution in [2.75, 3.05) is 26.2 Å². The summed E-state index contributed by atoms with van der Waals surface area (Å²) in [5.41, 5.74) is 3.23. The molecule has 0 unspecified atom stereocenters. The molecule has 0 aliphatic carbocycles. The lowest BCUT2D eigenvalue weighted by Crippen LogP contribution is -2.43. The van der Waals surface area contributed by atoms with E-state index in [0.29, 0.717) is 6.61 Å². The molecule has 1 aliphatic rings. The number of hydrogen-bond donors (Lipinski definition) is 1. The molecule has 1 saturated heterocycles. The summed E-state index contributed by atoms with van der Waals surface area (Å²) >= 11 is 5.95. The normalized spacial score (nSPS) is 15.6. The zero-order valence-corrected chi connectivity index (χ0v) is 19.0. The highest BCUT2D eigenvalue weighted by Crippen LogP contribution is 2.22. The first-order valence-electron chi connectivity index (χ1n) is 10.9. The second-order valence-corrected chi connectivity index (χ2v) is 8.84. The highest BCUT2D eigenvalue weighted by atomic mass is 35.5. The highest BCUT2D eigenvalue weighted by molar-refractivity contribution is 6.30. The van der Waals surface area contributed by atoms with Crippen LogP contribution in [0.3, 0.4) is 0 Å². The lowest BCUT2D eigenvalue weighted by Gasteiger charge is -2.35. The van der Waals surface area contributed by atoms with Crippen molar-refractivity contribution >= 4 is 11.6 Å². The third-order valence-electron chi connectivity index (χ3n) is 5.74. The van der Waals surface area contributed by atoms with Gasteiger partial charge in [0.2, 0.25) is 0 Å². The Bertz CT molecular complexity index is 1070. The molecule has 5 heteroatoms. The smallest absolute Gasteiger partial charge is 0.119 e. The quantitative estimate of drug-likeness (QED) is 0.558. The molecule has 0 radical (unpaired) electrons. The van der Waals surface area contributed by atoms with Gasteiger partial charge in [0.1, 0.15) is 18.1 Å². The fourth-order valence-corrected chi connectivity index (χ4v) is 3.73. The van der Waals surface area contributed by atoms with Gasteiger partial charge in [-0.15, -0.1) is 0 Å². The molecule has 1 fully saturated rings. The van der Waals surface area contributed by atoms with Crippen LogP contribution in [0.15, 0.2) is 66.9 Å².